The molecule has 0 aliphatic heterocycles. The summed E-state index contributed by atoms with van der Waals surface area (Å²) in [6.45, 7) is 3.88. The largest absolute Gasteiger partial charge is 0.461 e. The zero-order valence-corrected chi connectivity index (χ0v) is 15.4. The van der Waals surface area contributed by atoms with Crippen molar-refractivity contribution >= 4 is 5.97 Å². The Bertz CT molecular complexity index is 376. The third-order valence-corrected chi connectivity index (χ3v) is 3.88. The van der Waals surface area contributed by atoms with Gasteiger partial charge in [-0.05, 0) is 25.8 Å². The van der Waals surface area contributed by atoms with E-state index in [0.29, 0.717) is 12.5 Å². The van der Waals surface area contributed by atoms with E-state index in [1.165, 1.54) is 57.4 Å². The highest BCUT2D eigenvalue weighted by Crippen LogP contribution is 2.13. The van der Waals surface area contributed by atoms with Crippen molar-refractivity contribution in [3.8, 4) is 0 Å². The summed E-state index contributed by atoms with van der Waals surface area (Å²) < 4.78 is 31.0. The summed E-state index contributed by atoms with van der Waals surface area (Å²) in [6, 6.07) is 0. The van der Waals surface area contributed by atoms with Crippen LogP contribution in [0.15, 0.2) is 23.8 Å². The number of esters is 1. The van der Waals surface area contributed by atoms with Gasteiger partial charge in [-0.1, -0.05) is 71.1 Å². The van der Waals surface area contributed by atoms with Gasteiger partial charge in [-0.25, -0.2) is 9.18 Å². The summed E-state index contributed by atoms with van der Waals surface area (Å²) >= 11 is 0. The molecule has 0 saturated carbocycles. The van der Waals surface area contributed by atoms with E-state index in [4.69, 9.17) is 0 Å². The minimum Gasteiger partial charge on any atom is -0.461 e. The molecule has 0 saturated heterocycles. The molecule has 24 heavy (non-hydrogen) atoms. The molecule has 0 atom stereocenters. The lowest BCUT2D eigenvalue weighted by Crippen LogP contribution is -2.04. The highest BCUT2D eigenvalue weighted by atomic mass is 19.1. The van der Waals surface area contributed by atoms with Crippen molar-refractivity contribution in [1.29, 1.82) is 0 Å². The first-order valence-electron chi connectivity index (χ1n) is 9.51. The molecular weight excluding hydrogens is 310 g/mol. The van der Waals surface area contributed by atoms with Crippen LogP contribution >= 0.6 is 0 Å². The minimum absolute atomic E-state index is 0.0736. The highest BCUT2D eigenvalue weighted by Gasteiger charge is 2.09. The molecule has 0 fully saturated rings. The van der Waals surface area contributed by atoms with Gasteiger partial charge in [0, 0.05) is 6.08 Å². The lowest BCUT2D eigenvalue weighted by molar-refractivity contribution is -0.140. The van der Waals surface area contributed by atoms with Crippen molar-refractivity contribution in [2.75, 3.05) is 6.61 Å². The minimum atomic E-state index is -1.19. The number of carbonyl (C=O) groups is 1. The Morgan fingerprint density at radius 1 is 0.833 bits per heavy atom. The summed E-state index contributed by atoms with van der Waals surface area (Å²) in [5, 5.41) is 0. The second-order valence-electron chi connectivity index (χ2n) is 6.13. The van der Waals surface area contributed by atoms with E-state index < -0.39 is 17.6 Å². The molecule has 0 N–H and O–H groups in total. The molecule has 0 amide bonds. The molecule has 0 spiro atoms. The first-order valence-corrected chi connectivity index (χ1v) is 9.51. The van der Waals surface area contributed by atoms with Gasteiger partial charge in [0.2, 0.25) is 5.83 Å². The van der Waals surface area contributed by atoms with Gasteiger partial charge in [-0.15, -0.1) is 0 Å². The molecule has 0 aromatic carbocycles. The molecule has 140 valence electrons. The summed E-state index contributed by atoms with van der Waals surface area (Å²) in [7, 11) is 0. The van der Waals surface area contributed by atoms with Crippen LogP contribution in [0.2, 0.25) is 0 Å². The molecule has 2 nitrogen and oxygen atoms in total. The van der Waals surface area contributed by atoms with Crippen LogP contribution in [0.3, 0.4) is 0 Å². The average Bonchev–Trinajstić information content (AvgIpc) is 2.56. The fraction of sp³-hybridized carbons (Fsp3) is 0.750. The van der Waals surface area contributed by atoms with Crippen molar-refractivity contribution in [2.24, 2.45) is 0 Å². The molecule has 0 rings (SSSR count). The van der Waals surface area contributed by atoms with E-state index in [9.17, 15) is 13.6 Å². The van der Waals surface area contributed by atoms with Crippen LogP contribution < -0.4 is 0 Å². The molecule has 0 aliphatic rings. The predicted molar refractivity (Wildman–Crippen MR) is 96.1 cm³/mol. The Labute approximate surface area is 146 Å². The number of hydrogen-bond donors (Lipinski definition) is 0. The maximum absolute atomic E-state index is 13.4. The Morgan fingerprint density at radius 2 is 1.33 bits per heavy atom. The molecule has 4 heteroatoms. The summed E-state index contributed by atoms with van der Waals surface area (Å²) in [5.74, 6) is -3.02. The second kappa shape index (κ2) is 16.7. The molecular formula is C20H34F2O2. The lowest BCUT2D eigenvalue weighted by Gasteiger charge is -2.01. The van der Waals surface area contributed by atoms with Crippen LogP contribution in [0.25, 0.3) is 0 Å². The zero-order valence-electron chi connectivity index (χ0n) is 15.4. The van der Waals surface area contributed by atoms with Gasteiger partial charge in [-0.3, -0.25) is 0 Å². The summed E-state index contributed by atoms with van der Waals surface area (Å²) in [6.07, 6.45) is 16.1. The Balaban J connectivity index is 3.57. The van der Waals surface area contributed by atoms with Gasteiger partial charge in [0.25, 0.3) is 0 Å². The van der Waals surface area contributed by atoms with Crippen molar-refractivity contribution in [3.05, 3.63) is 23.8 Å². The van der Waals surface area contributed by atoms with Crippen molar-refractivity contribution in [2.45, 2.75) is 90.9 Å². The maximum atomic E-state index is 13.4. The zero-order chi connectivity index (χ0) is 18.0. The third kappa shape index (κ3) is 14.4. The van der Waals surface area contributed by atoms with Crippen LogP contribution in [0, 0.1) is 0 Å². The summed E-state index contributed by atoms with van der Waals surface area (Å²) in [4.78, 5) is 11.0. The molecule has 0 radical (unpaired) electrons. The Hall–Kier alpha value is -1.19. The van der Waals surface area contributed by atoms with Gasteiger partial charge in [0.15, 0.2) is 0 Å². The Morgan fingerprint density at radius 3 is 1.83 bits per heavy atom. The number of carbonyl (C=O) groups excluding carboxylic acids is 1. The lowest BCUT2D eigenvalue weighted by atomic mass is 10.1. The summed E-state index contributed by atoms with van der Waals surface area (Å²) in [5.41, 5.74) is 0. The van der Waals surface area contributed by atoms with Gasteiger partial charge in [-0.2, -0.15) is 4.39 Å². The van der Waals surface area contributed by atoms with Crippen molar-refractivity contribution in [3.63, 3.8) is 0 Å². The van der Waals surface area contributed by atoms with E-state index in [2.05, 4.69) is 11.7 Å². The van der Waals surface area contributed by atoms with E-state index in [1.807, 2.05) is 0 Å². The molecule has 0 unspecified atom stereocenters. The number of unbranched alkanes of at least 4 members (excludes halogenated alkanes) is 11. The van der Waals surface area contributed by atoms with Gasteiger partial charge in [0.05, 0.1) is 6.61 Å². The van der Waals surface area contributed by atoms with Crippen LogP contribution in [-0.4, -0.2) is 12.6 Å². The molecule has 0 bridgehead atoms. The third-order valence-electron chi connectivity index (χ3n) is 3.88. The molecule has 0 aromatic heterocycles. The second-order valence-corrected chi connectivity index (χ2v) is 6.13. The average molecular weight is 344 g/mol. The normalized spacial score (nSPS) is 12.5. The fourth-order valence-corrected chi connectivity index (χ4v) is 2.49. The fourth-order valence-electron chi connectivity index (χ4n) is 2.49. The SMILES string of the molecule is CCCCCCCCCCCCC/C=C(F)\C=C(\F)C(=O)OCC. The quantitative estimate of drug-likeness (QED) is 0.139. The smallest absolute Gasteiger partial charge is 0.367 e. The van der Waals surface area contributed by atoms with E-state index in [0.717, 1.165) is 19.3 Å². The van der Waals surface area contributed by atoms with E-state index >= 15 is 0 Å². The maximum Gasteiger partial charge on any atom is 0.367 e. The number of halogens is 2. The Kier molecular flexibility index (Phi) is 15.8. The van der Waals surface area contributed by atoms with Gasteiger partial charge < -0.3 is 4.74 Å². The highest BCUT2D eigenvalue weighted by molar-refractivity contribution is 5.86. The molecule has 0 aromatic rings. The number of ether oxygens (including phenoxy) is 1. The van der Waals surface area contributed by atoms with Crippen molar-refractivity contribution < 1.29 is 18.3 Å². The number of allylic oxidation sites excluding steroid dienone is 3. The molecule has 0 heterocycles. The first kappa shape index (κ1) is 22.8. The van der Waals surface area contributed by atoms with Gasteiger partial charge in [0.1, 0.15) is 5.83 Å². The van der Waals surface area contributed by atoms with Crippen LogP contribution in [0.1, 0.15) is 90.9 Å². The first-order chi connectivity index (χ1) is 11.6. The van der Waals surface area contributed by atoms with Crippen LogP contribution in [0.4, 0.5) is 8.78 Å². The van der Waals surface area contributed by atoms with E-state index in [-0.39, 0.29) is 6.61 Å². The van der Waals surface area contributed by atoms with Crippen LogP contribution in [-0.2, 0) is 9.53 Å². The van der Waals surface area contributed by atoms with Gasteiger partial charge >= 0.3 is 5.97 Å². The molecule has 0 aliphatic carbocycles. The topological polar surface area (TPSA) is 26.3 Å². The monoisotopic (exact) mass is 344 g/mol. The van der Waals surface area contributed by atoms with Crippen LogP contribution in [0.5, 0.6) is 0 Å². The number of hydrogen-bond acceptors (Lipinski definition) is 2. The standard InChI is InChI=1S/C20H34F2O2/c1-3-5-6-7-8-9-10-11-12-13-14-15-16-18(21)17-19(22)20(23)24-4-2/h16-17H,3-15H2,1-2H3/b18-16+,19-17+. The van der Waals surface area contributed by atoms with Crippen molar-refractivity contribution in [1.82, 2.24) is 0 Å². The predicted octanol–water partition coefficient (Wildman–Crippen LogP) is 6.96. The van der Waals surface area contributed by atoms with E-state index in [1.54, 1.807) is 6.92 Å². The number of rotatable bonds is 15.